The van der Waals surface area contributed by atoms with E-state index in [1.807, 2.05) is 22.6 Å². The second-order valence-corrected chi connectivity index (χ2v) is 10.1. The summed E-state index contributed by atoms with van der Waals surface area (Å²) >= 11 is 1.93. The molecule has 0 unspecified atom stereocenters. The summed E-state index contributed by atoms with van der Waals surface area (Å²) in [4.78, 5) is 12.6. The number of aliphatic hydroxyl groups is 2. The average molecular weight is 629 g/mol. The van der Waals surface area contributed by atoms with Crippen LogP contribution in [-0.4, -0.2) is 44.7 Å². The molecule has 3 aromatic rings. The van der Waals surface area contributed by atoms with Gasteiger partial charge in [-0.25, -0.2) is 27.5 Å². The lowest BCUT2D eigenvalue weighted by Crippen LogP contribution is -2.39. The topological polar surface area (TPSA) is 131 Å². The number of rotatable bonds is 6. The highest BCUT2D eigenvalue weighted by atomic mass is 127. The zero-order valence-corrected chi connectivity index (χ0v) is 21.5. The summed E-state index contributed by atoms with van der Waals surface area (Å²) in [5.74, 6) is -5.37. The van der Waals surface area contributed by atoms with E-state index in [-0.39, 0.29) is 40.6 Å². The van der Waals surface area contributed by atoms with E-state index in [9.17, 15) is 23.4 Å². The standard InChI is InChI=1S/C25H24F4IN5O2/c26-15-5-14(6-16(30)8-15)20(11-36)35-23(31)17-3-1-12(7-18(17)27)22-24(32)33-10-19(34-22)13-2-4-21(37)25(28,29)9-13/h1,3,5-8,10,13,20-21,36-37H,2,4,9,11H2,(H2,31,35)(H2,32,33)/t13-,20+,21-/m0/s1. The van der Waals surface area contributed by atoms with E-state index in [0.29, 0.717) is 15.6 Å². The molecule has 12 heteroatoms. The molecule has 0 aliphatic heterocycles. The normalized spacial score (nSPS) is 20.6. The summed E-state index contributed by atoms with van der Waals surface area (Å²) in [6.07, 6.45) is -0.748. The maximum absolute atomic E-state index is 15.1. The van der Waals surface area contributed by atoms with Crippen LogP contribution in [0.15, 0.2) is 47.6 Å². The number of anilines is 1. The number of aliphatic imine (C=N–C) groups is 1. The Balaban J connectivity index is 1.62. The molecule has 3 atom stereocenters. The number of nitrogens with zero attached hydrogens (tertiary/aromatic N) is 3. The third-order valence-corrected chi connectivity index (χ3v) is 6.91. The minimum atomic E-state index is -3.24. The molecule has 1 aliphatic rings. The van der Waals surface area contributed by atoms with Crippen molar-refractivity contribution < 1.29 is 27.8 Å². The van der Waals surface area contributed by atoms with Crippen LogP contribution in [-0.2, 0) is 0 Å². The summed E-state index contributed by atoms with van der Waals surface area (Å²) in [5.41, 5.74) is 12.9. The van der Waals surface area contributed by atoms with E-state index >= 15 is 4.39 Å². The van der Waals surface area contributed by atoms with Gasteiger partial charge in [-0.05, 0) is 71.3 Å². The van der Waals surface area contributed by atoms with E-state index in [2.05, 4.69) is 15.0 Å². The molecule has 0 saturated heterocycles. The molecule has 4 rings (SSSR count). The van der Waals surface area contributed by atoms with Gasteiger partial charge in [-0.3, -0.25) is 4.99 Å². The number of alkyl halides is 2. The van der Waals surface area contributed by atoms with Crippen molar-refractivity contribution in [3.8, 4) is 11.3 Å². The van der Waals surface area contributed by atoms with Crippen LogP contribution in [0.3, 0.4) is 0 Å². The first kappa shape index (κ1) is 27.2. The van der Waals surface area contributed by atoms with E-state index in [1.165, 1.54) is 30.5 Å². The summed E-state index contributed by atoms with van der Waals surface area (Å²) in [7, 11) is 0. The second kappa shape index (κ2) is 10.9. The van der Waals surface area contributed by atoms with Crippen LogP contribution in [0.1, 0.15) is 48.0 Å². The van der Waals surface area contributed by atoms with Crippen molar-refractivity contribution in [1.29, 1.82) is 0 Å². The number of halogens is 5. The molecular formula is C25H24F4IN5O2. The van der Waals surface area contributed by atoms with E-state index in [4.69, 9.17) is 11.5 Å². The maximum Gasteiger partial charge on any atom is 0.274 e. The van der Waals surface area contributed by atoms with Gasteiger partial charge < -0.3 is 21.7 Å². The summed E-state index contributed by atoms with van der Waals surface area (Å²) in [6.45, 7) is -0.476. The molecule has 1 heterocycles. The Morgan fingerprint density at radius 2 is 1.95 bits per heavy atom. The molecular weight excluding hydrogens is 605 g/mol. The van der Waals surface area contributed by atoms with Crippen LogP contribution in [0.4, 0.5) is 23.4 Å². The smallest absolute Gasteiger partial charge is 0.274 e. The number of aliphatic hydroxyl groups excluding tert-OH is 2. The largest absolute Gasteiger partial charge is 0.394 e. The van der Waals surface area contributed by atoms with Gasteiger partial charge in [-0.1, -0.05) is 6.07 Å². The minimum Gasteiger partial charge on any atom is -0.394 e. The van der Waals surface area contributed by atoms with Crippen LogP contribution in [0.2, 0.25) is 0 Å². The molecule has 2 aromatic carbocycles. The molecule has 7 nitrogen and oxygen atoms in total. The molecule has 1 aromatic heterocycles. The molecule has 0 radical (unpaired) electrons. The van der Waals surface area contributed by atoms with Crippen molar-refractivity contribution >= 4 is 34.2 Å². The Labute approximate surface area is 223 Å². The zero-order valence-electron chi connectivity index (χ0n) is 19.4. The Morgan fingerprint density at radius 1 is 1.19 bits per heavy atom. The maximum atomic E-state index is 15.1. The zero-order chi connectivity index (χ0) is 26.9. The van der Waals surface area contributed by atoms with Crippen LogP contribution >= 0.6 is 22.6 Å². The van der Waals surface area contributed by atoms with Crippen molar-refractivity contribution in [3.05, 3.63) is 74.6 Å². The average Bonchev–Trinajstić information content (AvgIpc) is 2.83. The summed E-state index contributed by atoms with van der Waals surface area (Å²) < 4.78 is 57.6. The molecule has 1 saturated carbocycles. The van der Waals surface area contributed by atoms with Crippen molar-refractivity contribution in [1.82, 2.24) is 9.97 Å². The van der Waals surface area contributed by atoms with Gasteiger partial charge in [0.25, 0.3) is 5.92 Å². The molecule has 0 bridgehead atoms. The lowest BCUT2D eigenvalue weighted by molar-refractivity contribution is -0.136. The quantitative estimate of drug-likeness (QED) is 0.139. The minimum absolute atomic E-state index is 0.0128. The molecule has 0 spiro atoms. The van der Waals surface area contributed by atoms with Gasteiger partial charge in [0.15, 0.2) is 0 Å². The third kappa shape index (κ3) is 6.02. The molecule has 1 fully saturated rings. The number of aromatic nitrogens is 2. The van der Waals surface area contributed by atoms with Crippen molar-refractivity contribution in [3.63, 3.8) is 0 Å². The van der Waals surface area contributed by atoms with E-state index in [0.717, 1.165) is 6.07 Å². The fourth-order valence-electron chi connectivity index (χ4n) is 4.31. The van der Waals surface area contributed by atoms with Crippen LogP contribution in [0.25, 0.3) is 11.3 Å². The van der Waals surface area contributed by atoms with E-state index in [1.54, 1.807) is 6.07 Å². The van der Waals surface area contributed by atoms with Gasteiger partial charge >= 0.3 is 0 Å². The van der Waals surface area contributed by atoms with Crippen molar-refractivity contribution in [2.45, 2.75) is 43.2 Å². The first-order valence-corrected chi connectivity index (χ1v) is 12.4. The van der Waals surface area contributed by atoms with Gasteiger partial charge in [0.1, 0.15) is 41.1 Å². The summed E-state index contributed by atoms with van der Waals surface area (Å²) in [6, 6.07) is 7.23. The lowest BCUT2D eigenvalue weighted by atomic mass is 9.83. The summed E-state index contributed by atoms with van der Waals surface area (Å²) in [5, 5.41) is 19.3. The fraction of sp³-hybridized carbons (Fsp3) is 0.320. The van der Waals surface area contributed by atoms with Gasteiger partial charge in [0.05, 0.1) is 24.1 Å². The molecule has 0 amide bonds. The van der Waals surface area contributed by atoms with Crippen LogP contribution in [0.5, 0.6) is 0 Å². The van der Waals surface area contributed by atoms with Crippen molar-refractivity contribution in [2.24, 2.45) is 10.7 Å². The molecule has 196 valence electrons. The predicted molar refractivity (Wildman–Crippen MR) is 139 cm³/mol. The van der Waals surface area contributed by atoms with Gasteiger partial charge in [-0.2, -0.15) is 0 Å². The highest BCUT2D eigenvalue weighted by Gasteiger charge is 2.45. The van der Waals surface area contributed by atoms with Gasteiger partial charge in [-0.15, -0.1) is 0 Å². The monoisotopic (exact) mass is 629 g/mol. The number of nitrogens with two attached hydrogens (primary N) is 2. The van der Waals surface area contributed by atoms with Gasteiger partial charge in [0, 0.05) is 21.5 Å². The third-order valence-electron chi connectivity index (χ3n) is 6.29. The molecule has 6 N–H and O–H groups in total. The number of benzene rings is 2. The van der Waals surface area contributed by atoms with Crippen LogP contribution in [0, 0.1) is 15.2 Å². The predicted octanol–water partition coefficient (Wildman–Crippen LogP) is 4.31. The highest BCUT2D eigenvalue weighted by Crippen LogP contribution is 2.42. The Hall–Kier alpha value is -2.84. The second-order valence-electron chi connectivity index (χ2n) is 8.89. The first-order chi connectivity index (χ1) is 17.5. The first-order valence-electron chi connectivity index (χ1n) is 11.4. The number of amidine groups is 1. The Kier molecular flexibility index (Phi) is 7.99. The molecule has 37 heavy (non-hydrogen) atoms. The van der Waals surface area contributed by atoms with Crippen molar-refractivity contribution in [2.75, 3.05) is 12.3 Å². The lowest BCUT2D eigenvalue weighted by Gasteiger charge is -2.32. The Morgan fingerprint density at radius 3 is 2.59 bits per heavy atom. The molecule has 1 aliphatic carbocycles. The number of hydrogen-bond donors (Lipinski definition) is 4. The highest BCUT2D eigenvalue weighted by molar-refractivity contribution is 14.1. The fourth-order valence-corrected chi connectivity index (χ4v) is 4.96. The van der Waals surface area contributed by atoms with Crippen LogP contribution < -0.4 is 11.5 Å². The number of nitrogen functional groups attached to an aromatic ring is 1. The van der Waals surface area contributed by atoms with Gasteiger partial charge in [0.2, 0.25) is 0 Å². The number of hydrogen-bond acceptors (Lipinski definition) is 6. The van der Waals surface area contributed by atoms with E-state index < -0.39 is 48.6 Å². The Bertz CT molecular complexity index is 1320. The SMILES string of the molecule is NC(=N[C@H](CO)c1cc(F)cc(I)c1)c1ccc(-c2nc([C@H]3CC[C@H](O)C(F)(F)C3)cnc2N)cc1F.